The molecule has 33 heavy (non-hydrogen) atoms. The molecule has 2 heterocycles. The lowest BCUT2D eigenvalue weighted by atomic mass is 9.95. The molecule has 0 radical (unpaired) electrons. The van der Waals surface area contributed by atoms with E-state index in [1.807, 2.05) is 53.1 Å². The zero-order chi connectivity index (χ0) is 23.0. The number of thiazole rings is 1. The van der Waals surface area contributed by atoms with Gasteiger partial charge in [0.2, 0.25) is 0 Å². The van der Waals surface area contributed by atoms with Gasteiger partial charge in [0, 0.05) is 35.3 Å². The lowest BCUT2D eigenvalue weighted by Crippen LogP contribution is -2.28. The van der Waals surface area contributed by atoms with Gasteiger partial charge in [0.25, 0.3) is 11.5 Å². The average Bonchev–Trinajstić information content (AvgIpc) is 3.17. The van der Waals surface area contributed by atoms with E-state index in [1.54, 1.807) is 6.92 Å². The number of hydrogen-bond acceptors (Lipinski definition) is 5. The van der Waals surface area contributed by atoms with Crippen LogP contribution in [0.2, 0.25) is 0 Å². The molecule has 4 N–H and O–H groups in total. The summed E-state index contributed by atoms with van der Waals surface area (Å²) < 4.78 is 1.81. The summed E-state index contributed by atoms with van der Waals surface area (Å²) in [6.45, 7) is 6.78. The van der Waals surface area contributed by atoms with Gasteiger partial charge < -0.3 is 16.0 Å². The number of carbonyl (C=O) groups excluding carboxylic acids is 1. The van der Waals surface area contributed by atoms with E-state index in [-0.39, 0.29) is 24.5 Å². The fourth-order valence-corrected chi connectivity index (χ4v) is 4.99. The Balaban J connectivity index is 0.00000306. The van der Waals surface area contributed by atoms with Crippen molar-refractivity contribution in [1.29, 1.82) is 0 Å². The van der Waals surface area contributed by atoms with Gasteiger partial charge in [-0.2, -0.15) is 0 Å². The van der Waals surface area contributed by atoms with E-state index in [0.29, 0.717) is 33.4 Å². The fraction of sp³-hybridized carbons (Fsp3) is 0.240. The molecule has 0 aliphatic rings. The van der Waals surface area contributed by atoms with Gasteiger partial charge in [0.15, 0.2) is 0 Å². The number of amides is 1. The van der Waals surface area contributed by atoms with E-state index in [2.05, 4.69) is 18.8 Å². The van der Waals surface area contributed by atoms with E-state index in [0.717, 1.165) is 27.8 Å². The number of carbonyl (C=O) groups is 1. The number of aryl methyl sites for hydroxylation is 1. The summed E-state index contributed by atoms with van der Waals surface area (Å²) in [7, 11) is 0. The maximum atomic E-state index is 13.5. The topological polar surface area (TPSA) is 104 Å². The van der Waals surface area contributed by atoms with Crippen LogP contribution in [0.1, 0.15) is 34.9 Å². The molecule has 6 nitrogen and oxygen atoms in total. The van der Waals surface area contributed by atoms with Crippen molar-refractivity contribution in [2.75, 3.05) is 0 Å². The summed E-state index contributed by atoms with van der Waals surface area (Å²) in [5.74, 6) is -0.192. The van der Waals surface area contributed by atoms with Crippen LogP contribution in [0.15, 0.2) is 53.3 Å². The van der Waals surface area contributed by atoms with Crippen LogP contribution < -0.4 is 17.0 Å². The van der Waals surface area contributed by atoms with Gasteiger partial charge >= 0.3 is 0 Å². The van der Waals surface area contributed by atoms with Crippen molar-refractivity contribution in [3.05, 3.63) is 75.1 Å². The van der Waals surface area contributed by atoms with Gasteiger partial charge in [-0.15, -0.1) is 23.7 Å². The molecule has 1 amide bonds. The Bertz CT molecular complexity index is 1380. The predicted octanol–water partition coefficient (Wildman–Crippen LogP) is 4.74. The molecule has 2 aromatic heterocycles. The molecule has 172 valence electrons. The van der Waals surface area contributed by atoms with Gasteiger partial charge in [-0.3, -0.25) is 9.59 Å². The molecule has 0 aliphatic carbocycles. The first-order valence-electron chi connectivity index (χ1n) is 10.5. The number of pyridine rings is 1. The summed E-state index contributed by atoms with van der Waals surface area (Å²) in [5, 5.41) is 2.15. The highest BCUT2D eigenvalue weighted by Gasteiger charge is 2.20. The number of fused-ring (bicyclic) bond motifs is 1. The van der Waals surface area contributed by atoms with Crippen molar-refractivity contribution in [1.82, 2.24) is 9.55 Å². The lowest BCUT2D eigenvalue weighted by Gasteiger charge is -2.21. The Hall–Kier alpha value is -3.00. The zero-order valence-electron chi connectivity index (χ0n) is 18.8. The third kappa shape index (κ3) is 4.57. The Morgan fingerprint density at radius 3 is 2.36 bits per heavy atom. The molecule has 0 aliphatic heterocycles. The smallest absolute Gasteiger partial charge is 0.260 e. The maximum Gasteiger partial charge on any atom is 0.260 e. The Kier molecular flexibility index (Phi) is 7.37. The van der Waals surface area contributed by atoms with Gasteiger partial charge in [0.1, 0.15) is 9.88 Å². The number of nitrogens with two attached hydrogens (primary N) is 2. The summed E-state index contributed by atoms with van der Waals surface area (Å²) in [4.78, 5) is 30.1. The molecule has 0 bridgehead atoms. The third-order valence-corrected chi connectivity index (χ3v) is 6.67. The number of aromatic nitrogens is 2. The van der Waals surface area contributed by atoms with Crippen molar-refractivity contribution in [2.45, 2.75) is 33.9 Å². The summed E-state index contributed by atoms with van der Waals surface area (Å²) in [5.41, 5.74) is 15.9. The monoisotopic (exact) mass is 482 g/mol. The molecule has 4 rings (SSSR count). The van der Waals surface area contributed by atoms with E-state index < -0.39 is 5.91 Å². The standard InChI is InChI=1S/C25H26N4O2S.ClH/c1-14(2)13-29-20(12-26)21(16-7-5-4-6-8-16)19-11-17(9-10-18(19)25(29)31)24-28-15(3)22(32-24)23(27)30;/h4-11,14H,12-13,26H2,1-3H3,(H2,27,30);1H. The summed E-state index contributed by atoms with van der Waals surface area (Å²) in [6.07, 6.45) is 0. The highest BCUT2D eigenvalue weighted by molar-refractivity contribution is 7.17. The molecule has 4 aromatic rings. The van der Waals surface area contributed by atoms with E-state index in [9.17, 15) is 9.59 Å². The van der Waals surface area contributed by atoms with Gasteiger partial charge in [-0.1, -0.05) is 50.2 Å². The summed E-state index contributed by atoms with van der Waals surface area (Å²) >= 11 is 1.26. The molecule has 0 saturated heterocycles. The molecule has 0 spiro atoms. The van der Waals surface area contributed by atoms with E-state index in [4.69, 9.17) is 11.5 Å². The molecule has 8 heteroatoms. The molecule has 2 aromatic carbocycles. The number of halogens is 1. The normalized spacial score (nSPS) is 11.1. The number of nitrogens with zero attached hydrogens (tertiary/aromatic N) is 2. The van der Waals surface area contributed by atoms with Crippen LogP contribution in [0, 0.1) is 12.8 Å². The van der Waals surface area contributed by atoms with Crippen LogP contribution in [0.4, 0.5) is 0 Å². The van der Waals surface area contributed by atoms with Crippen LogP contribution in [0.25, 0.3) is 32.5 Å². The first kappa shape index (κ1) is 24.6. The second-order valence-corrected chi connectivity index (χ2v) is 9.26. The first-order valence-corrected chi connectivity index (χ1v) is 11.4. The first-order chi connectivity index (χ1) is 15.3. The van der Waals surface area contributed by atoms with Crippen LogP contribution in [-0.2, 0) is 13.1 Å². The lowest BCUT2D eigenvalue weighted by molar-refractivity contribution is 0.100. The van der Waals surface area contributed by atoms with Gasteiger partial charge in [-0.25, -0.2) is 4.98 Å². The van der Waals surface area contributed by atoms with Gasteiger partial charge in [-0.05, 0) is 35.9 Å². The second kappa shape index (κ2) is 9.87. The highest BCUT2D eigenvalue weighted by atomic mass is 35.5. The second-order valence-electron chi connectivity index (χ2n) is 8.26. The van der Waals surface area contributed by atoms with Crippen molar-refractivity contribution in [3.63, 3.8) is 0 Å². The Morgan fingerprint density at radius 2 is 1.79 bits per heavy atom. The van der Waals surface area contributed by atoms with Gasteiger partial charge in [0.05, 0.1) is 5.69 Å². The van der Waals surface area contributed by atoms with Crippen molar-refractivity contribution in [3.8, 4) is 21.7 Å². The Morgan fingerprint density at radius 1 is 1.09 bits per heavy atom. The predicted molar refractivity (Wildman–Crippen MR) is 138 cm³/mol. The third-order valence-electron chi connectivity index (χ3n) is 5.45. The quantitative estimate of drug-likeness (QED) is 0.414. The van der Waals surface area contributed by atoms with Crippen LogP contribution in [0.3, 0.4) is 0 Å². The van der Waals surface area contributed by atoms with Crippen molar-refractivity contribution < 1.29 is 4.79 Å². The van der Waals surface area contributed by atoms with Crippen LogP contribution in [0.5, 0.6) is 0 Å². The number of rotatable bonds is 6. The minimum Gasteiger partial charge on any atom is -0.365 e. The SMILES string of the molecule is Cc1nc(-c2ccc3c(=O)n(CC(C)C)c(CN)c(-c4ccccc4)c3c2)sc1C(N)=O.Cl. The highest BCUT2D eigenvalue weighted by Crippen LogP contribution is 2.35. The molecular weight excluding hydrogens is 456 g/mol. The van der Waals surface area contributed by atoms with Crippen molar-refractivity contribution in [2.24, 2.45) is 17.4 Å². The van der Waals surface area contributed by atoms with Crippen LogP contribution in [-0.4, -0.2) is 15.5 Å². The number of hydrogen-bond donors (Lipinski definition) is 2. The maximum absolute atomic E-state index is 13.5. The molecule has 0 unspecified atom stereocenters. The van der Waals surface area contributed by atoms with Crippen LogP contribution >= 0.6 is 23.7 Å². The average molecular weight is 483 g/mol. The number of benzene rings is 2. The molecular formula is C25H27ClN4O2S. The minimum absolute atomic E-state index is 0. The number of primary amides is 1. The molecule has 0 saturated carbocycles. The van der Waals surface area contributed by atoms with Crippen molar-refractivity contribution >= 4 is 40.4 Å². The zero-order valence-corrected chi connectivity index (χ0v) is 20.4. The fourth-order valence-electron chi connectivity index (χ4n) is 4.07. The van der Waals surface area contributed by atoms with E-state index in [1.165, 1.54) is 11.3 Å². The Labute approximate surface area is 202 Å². The molecule has 0 atom stereocenters. The minimum atomic E-state index is -0.487. The van der Waals surface area contributed by atoms with E-state index >= 15 is 0 Å². The summed E-state index contributed by atoms with van der Waals surface area (Å²) in [6, 6.07) is 15.7. The molecule has 0 fully saturated rings. The largest absolute Gasteiger partial charge is 0.365 e.